The van der Waals surface area contributed by atoms with E-state index in [0.717, 1.165) is 6.20 Å². The third-order valence-corrected chi connectivity index (χ3v) is 3.64. The number of guanidine groups is 1. The van der Waals surface area contributed by atoms with Crippen LogP contribution in [0.3, 0.4) is 0 Å². The van der Waals surface area contributed by atoms with Crippen molar-refractivity contribution in [2.45, 2.75) is 17.8 Å². The Morgan fingerprint density at radius 3 is 2.89 bits per heavy atom. The van der Waals surface area contributed by atoms with E-state index >= 15 is 0 Å². The second-order valence-corrected chi connectivity index (χ2v) is 5.94. The molecular weight excluding hydrogens is 389 g/mol. The second kappa shape index (κ2) is 11.1. The lowest BCUT2D eigenvalue weighted by Crippen LogP contribution is -2.26. The largest absolute Gasteiger partial charge is 0.408 e. The maximum absolute atomic E-state index is 12.1. The molecule has 1 rings (SSSR count). The van der Waals surface area contributed by atoms with Crippen LogP contribution in [0, 0.1) is 10.1 Å². The van der Waals surface area contributed by atoms with Crippen LogP contribution < -0.4 is 21.7 Å². The Balaban J connectivity index is 2.43. The molecular formula is C13H19F3N8O2S. The zero-order chi connectivity index (χ0) is 20.3. The summed E-state index contributed by atoms with van der Waals surface area (Å²) >= 11 is 1.32. The molecule has 0 fully saturated rings. The fraction of sp³-hybridized carbons (Fsp3) is 0.462. The molecule has 5 N–H and O–H groups in total. The van der Waals surface area contributed by atoms with Gasteiger partial charge in [-0.05, 0) is 12.5 Å². The van der Waals surface area contributed by atoms with E-state index in [0.29, 0.717) is 29.7 Å². The normalized spacial score (nSPS) is 12.6. The molecule has 0 saturated carbocycles. The molecule has 10 nitrogen and oxygen atoms in total. The summed E-state index contributed by atoms with van der Waals surface area (Å²) in [5.74, 6) is 0.730. The summed E-state index contributed by atoms with van der Waals surface area (Å²) in [5, 5.41) is 18.8. The van der Waals surface area contributed by atoms with Crippen LogP contribution >= 0.6 is 11.8 Å². The van der Waals surface area contributed by atoms with Gasteiger partial charge in [0, 0.05) is 25.5 Å². The Hall–Kier alpha value is -2.77. The van der Waals surface area contributed by atoms with Crippen molar-refractivity contribution >= 4 is 23.5 Å². The van der Waals surface area contributed by atoms with Crippen molar-refractivity contribution in [2.24, 2.45) is 10.7 Å². The average Bonchev–Trinajstić information content (AvgIpc) is 2.58. The molecule has 150 valence electrons. The van der Waals surface area contributed by atoms with Crippen molar-refractivity contribution in [1.29, 1.82) is 0 Å². The van der Waals surface area contributed by atoms with Crippen LogP contribution in [0.2, 0.25) is 0 Å². The zero-order valence-electron chi connectivity index (χ0n) is 14.3. The molecule has 0 amide bonds. The molecule has 0 radical (unpaired) electrons. The van der Waals surface area contributed by atoms with Crippen molar-refractivity contribution in [3.63, 3.8) is 0 Å². The monoisotopic (exact) mass is 408 g/mol. The van der Waals surface area contributed by atoms with Crippen molar-refractivity contribution in [2.75, 3.05) is 31.2 Å². The van der Waals surface area contributed by atoms with Gasteiger partial charge in [0.2, 0.25) is 0 Å². The van der Waals surface area contributed by atoms with Crippen molar-refractivity contribution < 1.29 is 18.1 Å². The number of nitrogens with one attached hydrogen (secondary N) is 3. The summed E-state index contributed by atoms with van der Waals surface area (Å²) in [4.78, 5) is 21.1. The summed E-state index contributed by atoms with van der Waals surface area (Å²) in [7, 11) is 1.56. The Morgan fingerprint density at radius 1 is 1.52 bits per heavy atom. The number of thioether (sulfide) groups is 1. The highest BCUT2D eigenvalue weighted by Gasteiger charge is 2.26. The van der Waals surface area contributed by atoms with Gasteiger partial charge in [0.1, 0.15) is 12.4 Å². The van der Waals surface area contributed by atoms with Crippen LogP contribution in [0.15, 0.2) is 34.4 Å². The standard InChI is InChI=1S/C13H19F3N8O2S/c1-18-10(7-24(25)26)19-4-2-6-27-12-20-5-3-9(23-12)22-11(17)21-8-13(14,15)16/h3,5,7,18-19H,2,4,6,8H2,1H3,(H3,17,20,21,22,23)/b10-7+. The number of halogens is 3. The minimum atomic E-state index is -4.44. The first-order valence-electron chi connectivity index (χ1n) is 7.56. The number of rotatable bonds is 10. The first-order valence-corrected chi connectivity index (χ1v) is 8.54. The van der Waals surface area contributed by atoms with Gasteiger partial charge >= 0.3 is 6.18 Å². The minimum Gasteiger partial charge on any atom is -0.370 e. The van der Waals surface area contributed by atoms with Gasteiger partial charge in [-0.3, -0.25) is 10.1 Å². The van der Waals surface area contributed by atoms with Crippen molar-refractivity contribution in [1.82, 2.24) is 20.6 Å². The first-order chi connectivity index (χ1) is 12.7. The van der Waals surface area contributed by atoms with Gasteiger partial charge in [0.15, 0.2) is 16.9 Å². The number of alkyl halides is 3. The van der Waals surface area contributed by atoms with E-state index in [-0.39, 0.29) is 5.82 Å². The number of aliphatic imine (C=N–C) groups is 1. The molecule has 0 aliphatic carbocycles. The maximum Gasteiger partial charge on any atom is 0.408 e. The summed E-state index contributed by atoms with van der Waals surface area (Å²) in [6, 6.07) is 1.45. The number of aromatic nitrogens is 2. The molecule has 0 saturated heterocycles. The number of anilines is 1. The van der Waals surface area contributed by atoms with E-state index in [1.807, 2.05) is 0 Å². The predicted octanol–water partition coefficient (Wildman–Crippen LogP) is 1.13. The third-order valence-electron chi connectivity index (χ3n) is 2.69. The summed E-state index contributed by atoms with van der Waals surface area (Å²) in [6.07, 6.45) is -1.51. The Labute approximate surface area is 157 Å². The molecule has 27 heavy (non-hydrogen) atoms. The highest BCUT2D eigenvalue weighted by atomic mass is 32.2. The number of hydrogen-bond acceptors (Lipinski definition) is 8. The highest BCUT2D eigenvalue weighted by molar-refractivity contribution is 7.99. The summed E-state index contributed by atoms with van der Waals surface area (Å²) in [5.41, 5.74) is 5.38. The molecule has 0 spiro atoms. The van der Waals surface area contributed by atoms with Gasteiger partial charge in [-0.25, -0.2) is 15.0 Å². The number of nitro groups is 1. The smallest absolute Gasteiger partial charge is 0.370 e. The third kappa shape index (κ3) is 10.7. The topological polar surface area (TPSA) is 143 Å². The van der Waals surface area contributed by atoms with Crippen LogP contribution in [0.1, 0.15) is 6.42 Å². The van der Waals surface area contributed by atoms with Gasteiger partial charge in [0.25, 0.3) is 6.20 Å². The number of hydrogen-bond donors (Lipinski definition) is 4. The quantitative estimate of drug-likeness (QED) is 0.0852. The van der Waals surface area contributed by atoms with Gasteiger partial charge in [-0.15, -0.1) is 0 Å². The Kier molecular flexibility index (Phi) is 9.12. The Bertz CT molecular complexity index is 684. The minimum absolute atomic E-state index is 0.223. The molecule has 0 unspecified atom stereocenters. The number of nitrogens with zero attached hydrogens (tertiary/aromatic N) is 4. The van der Waals surface area contributed by atoms with E-state index in [1.165, 1.54) is 24.0 Å². The lowest BCUT2D eigenvalue weighted by Gasteiger charge is -2.08. The van der Waals surface area contributed by atoms with Gasteiger partial charge in [0.05, 0.1) is 4.92 Å². The molecule has 14 heteroatoms. The van der Waals surface area contributed by atoms with Crippen molar-refractivity contribution in [3.8, 4) is 0 Å². The van der Waals surface area contributed by atoms with Crippen LogP contribution in [0.25, 0.3) is 0 Å². The van der Waals surface area contributed by atoms with Gasteiger partial charge in [-0.1, -0.05) is 11.8 Å². The molecule has 1 aromatic heterocycles. The van der Waals surface area contributed by atoms with Crippen LogP contribution in [-0.2, 0) is 0 Å². The van der Waals surface area contributed by atoms with E-state index in [1.54, 1.807) is 7.05 Å². The molecule has 0 aromatic carbocycles. The predicted molar refractivity (Wildman–Crippen MR) is 95.7 cm³/mol. The highest BCUT2D eigenvalue weighted by Crippen LogP contribution is 2.16. The molecule has 1 aromatic rings. The van der Waals surface area contributed by atoms with Crippen molar-refractivity contribution in [3.05, 3.63) is 34.4 Å². The van der Waals surface area contributed by atoms with Gasteiger partial charge in [-0.2, -0.15) is 13.2 Å². The summed E-state index contributed by atoms with van der Waals surface area (Å²) < 4.78 is 36.3. The van der Waals surface area contributed by atoms with E-state index in [4.69, 9.17) is 5.73 Å². The van der Waals surface area contributed by atoms with Crippen LogP contribution in [0.5, 0.6) is 0 Å². The number of nitrogens with two attached hydrogens (primary N) is 1. The van der Waals surface area contributed by atoms with E-state index in [2.05, 4.69) is 30.9 Å². The lowest BCUT2D eigenvalue weighted by molar-refractivity contribution is -0.404. The fourth-order valence-corrected chi connectivity index (χ4v) is 2.36. The lowest BCUT2D eigenvalue weighted by atomic mass is 10.5. The van der Waals surface area contributed by atoms with Crippen LogP contribution in [0.4, 0.5) is 19.0 Å². The average molecular weight is 408 g/mol. The summed E-state index contributed by atoms with van der Waals surface area (Å²) in [6.45, 7) is -0.895. The molecule has 0 atom stereocenters. The first kappa shape index (κ1) is 22.3. The molecule has 0 aliphatic rings. The maximum atomic E-state index is 12.1. The molecule has 0 aliphatic heterocycles. The zero-order valence-corrected chi connectivity index (χ0v) is 15.1. The SMILES string of the molecule is CN/C(=C\[N+](=O)[O-])NCCCSc1nccc(NC(N)=NCC(F)(F)F)n1. The molecule has 1 heterocycles. The van der Waals surface area contributed by atoms with Crippen LogP contribution in [-0.4, -0.2) is 52.9 Å². The van der Waals surface area contributed by atoms with Gasteiger partial charge < -0.3 is 21.7 Å². The Morgan fingerprint density at radius 2 is 2.26 bits per heavy atom. The molecule has 0 bridgehead atoms. The van der Waals surface area contributed by atoms with E-state index < -0.39 is 23.6 Å². The second-order valence-electron chi connectivity index (χ2n) is 4.87. The van der Waals surface area contributed by atoms with E-state index in [9.17, 15) is 23.3 Å². The fourth-order valence-electron chi connectivity index (χ4n) is 1.59.